The lowest BCUT2D eigenvalue weighted by atomic mass is 9.76. The standard InChI is InChI=1S/C15H18N2O4/c1-2-12(18)16-11-6-3-5-10(9-11)13(19)17-15(14(20)21)7-4-8-15/h3,5-6,9H,2,4,7-8H2,1H3,(H,16,18)(H,17,19)(H,20,21). The molecule has 1 aromatic carbocycles. The van der Waals surface area contributed by atoms with Crippen molar-refractivity contribution >= 4 is 23.5 Å². The van der Waals surface area contributed by atoms with Crippen LogP contribution in [-0.2, 0) is 9.59 Å². The van der Waals surface area contributed by atoms with Gasteiger partial charge in [-0.05, 0) is 37.5 Å². The van der Waals surface area contributed by atoms with E-state index in [0.29, 0.717) is 30.5 Å². The predicted octanol–water partition coefficient (Wildman–Crippen LogP) is 1.77. The van der Waals surface area contributed by atoms with E-state index in [1.54, 1.807) is 25.1 Å². The first-order valence-corrected chi connectivity index (χ1v) is 6.93. The number of carbonyl (C=O) groups is 3. The molecule has 2 rings (SSSR count). The molecule has 21 heavy (non-hydrogen) atoms. The first-order chi connectivity index (χ1) is 9.97. The van der Waals surface area contributed by atoms with Crippen LogP contribution in [0.1, 0.15) is 43.0 Å². The van der Waals surface area contributed by atoms with E-state index < -0.39 is 17.4 Å². The van der Waals surface area contributed by atoms with Crippen molar-refractivity contribution in [2.24, 2.45) is 0 Å². The molecule has 112 valence electrons. The van der Waals surface area contributed by atoms with Gasteiger partial charge in [-0.15, -0.1) is 0 Å². The molecule has 0 radical (unpaired) electrons. The summed E-state index contributed by atoms with van der Waals surface area (Å²) in [5.41, 5.74) is -0.288. The van der Waals surface area contributed by atoms with Gasteiger partial charge in [0, 0.05) is 17.7 Å². The third-order valence-electron chi connectivity index (χ3n) is 3.70. The lowest BCUT2D eigenvalue weighted by molar-refractivity contribution is -0.148. The molecule has 0 atom stereocenters. The van der Waals surface area contributed by atoms with Gasteiger partial charge in [0.2, 0.25) is 5.91 Å². The van der Waals surface area contributed by atoms with E-state index in [4.69, 9.17) is 0 Å². The number of amides is 2. The van der Waals surface area contributed by atoms with E-state index in [1.165, 1.54) is 6.07 Å². The van der Waals surface area contributed by atoms with Crippen molar-refractivity contribution in [3.05, 3.63) is 29.8 Å². The number of hydrogen-bond donors (Lipinski definition) is 3. The smallest absolute Gasteiger partial charge is 0.329 e. The zero-order valence-corrected chi connectivity index (χ0v) is 11.8. The van der Waals surface area contributed by atoms with E-state index in [1.807, 2.05) is 0 Å². The molecule has 1 fully saturated rings. The summed E-state index contributed by atoms with van der Waals surface area (Å²) in [5.74, 6) is -1.59. The maximum atomic E-state index is 12.2. The van der Waals surface area contributed by atoms with Gasteiger partial charge in [0.05, 0.1) is 0 Å². The van der Waals surface area contributed by atoms with E-state index >= 15 is 0 Å². The Bertz CT molecular complexity index is 579. The zero-order chi connectivity index (χ0) is 15.5. The fourth-order valence-corrected chi connectivity index (χ4v) is 2.20. The third-order valence-corrected chi connectivity index (χ3v) is 3.70. The molecule has 1 aliphatic rings. The van der Waals surface area contributed by atoms with Crippen molar-refractivity contribution in [1.29, 1.82) is 0 Å². The number of aliphatic carboxylic acids is 1. The molecule has 0 heterocycles. The maximum absolute atomic E-state index is 12.2. The highest BCUT2D eigenvalue weighted by atomic mass is 16.4. The van der Waals surface area contributed by atoms with Gasteiger partial charge in [-0.2, -0.15) is 0 Å². The van der Waals surface area contributed by atoms with E-state index in [-0.39, 0.29) is 5.91 Å². The quantitative estimate of drug-likeness (QED) is 0.770. The number of benzene rings is 1. The topological polar surface area (TPSA) is 95.5 Å². The number of rotatable bonds is 5. The molecule has 1 aromatic rings. The normalized spacial score (nSPS) is 15.7. The van der Waals surface area contributed by atoms with Crippen molar-refractivity contribution in [2.45, 2.75) is 38.1 Å². The summed E-state index contributed by atoms with van der Waals surface area (Å²) >= 11 is 0. The Morgan fingerprint density at radius 3 is 2.52 bits per heavy atom. The Hall–Kier alpha value is -2.37. The second kappa shape index (κ2) is 5.95. The SMILES string of the molecule is CCC(=O)Nc1cccc(C(=O)NC2(C(=O)O)CCC2)c1. The lowest BCUT2D eigenvalue weighted by Gasteiger charge is -2.38. The predicted molar refractivity (Wildman–Crippen MR) is 77.0 cm³/mol. The Kier molecular flexibility index (Phi) is 4.26. The van der Waals surface area contributed by atoms with Crippen LogP contribution in [0.25, 0.3) is 0 Å². The van der Waals surface area contributed by atoms with Gasteiger partial charge in [0.15, 0.2) is 0 Å². The molecular formula is C15H18N2O4. The fourth-order valence-electron chi connectivity index (χ4n) is 2.20. The largest absolute Gasteiger partial charge is 0.480 e. The monoisotopic (exact) mass is 290 g/mol. The highest BCUT2D eigenvalue weighted by Crippen LogP contribution is 2.32. The summed E-state index contributed by atoms with van der Waals surface area (Å²) < 4.78 is 0. The van der Waals surface area contributed by atoms with Crippen LogP contribution in [0.2, 0.25) is 0 Å². The number of carboxylic acids is 1. The second-order valence-corrected chi connectivity index (χ2v) is 5.18. The summed E-state index contributed by atoms with van der Waals surface area (Å²) in [4.78, 5) is 34.8. The molecule has 0 unspecified atom stereocenters. The van der Waals surface area contributed by atoms with Crippen LogP contribution in [0.5, 0.6) is 0 Å². The minimum absolute atomic E-state index is 0.145. The van der Waals surface area contributed by atoms with Crippen molar-refractivity contribution in [3.63, 3.8) is 0 Å². The molecule has 0 saturated heterocycles. The lowest BCUT2D eigenvalue weighted by Crippen LogP contribution is -2.59. The minimum Gasteiger partial charge on any atom is -0.480 e. The molecule has 1 aliphatic carbocycles. The van der Waals surface area contributed by atoms with Gasteiger partial charge in [-0.3, -0.25) is 9.59 Å². The molecule has 6 heteroatoms. The van der Waals surface area contributed by atoms with Crippen LogP contribution in [0.15, 0.2) is 24.3 Å². The van der Waals surface area contributed by atoms with Gasteiger partial charge in [-0.25, -0.2) is 4.79 Å². The Labute approximate surface area is 122 Å². The van der Waals surface area contributed by atoms with Crippen LogP contribution in [0.3, 0.4) is 0 Å². The van der Waals surface area contributed by atoms with Gasteiger partial charge in [0.1, 0.15) is 5.54 Å². The third kappa shape index (κ3) is 3.21. The van der Waals surface area contributed by atoms with Gasteiger partial charge in [0.25, 0.3) is 5.91 Å². The molecule has 0 aliphatic heterocycles. The van der Waals surface area contributed by atoms with Gasteiger partial charge < -0.3 is 15.7 Å². The maximum Gasteiger partial charge on any atom is 0.329 e. The first-order valence-electron chi connectivity index (χ1n) is 6.93. The van der Waals surface area contributed by atoms with E-state index in [0.717, 1.165) is 6.42 Å². The molecule has 0 aromatic heterocycles. The molecule has 1 saturated carbocycles. The second-order valence-electron chi connectivity index (χ2n) is 5.18. The summed E-state index contributed by atoms with van der Waals surface area (Å²) in [6, 6.07) is 6.46. The Balaban J connectivity index is 2.11. The number of nitrogens with one attached hydrogen (secondary N) is 2. The summed E-state index contributed by atoms with van der Waals surface area (Å²) in [6.07, 6.45) is 2.03. The average Bonchev–Trinajstić information content (AvgIpc) is 2.42. The van der Waals surface area contributed by atoms with Gasteiger partial charge in [-0.1, -0.05) is 13.0 Å². The van der Waals surface area contributed by atoms with Crippen molar-refractivity contribution in [1.82, 2.24) is 5.32 Å². The molecule has 0 spiro atoms. The van der Waals surface area contributed by atoms with Crippen molar-refractivity contribution < 1.29 is 19.5 Å². The summed E-state index contributed by atoms with van der Waals surface area (Å²) in [5, 5.41) is 14.5. The van der Waals surface area contributed by atoms with Crippen LogP contribution in [0.4, 0.5) is 5.69 Å². The number of carbonyl (C=O) groups excluding carboxylic acids is 2. The summed E-state index contributed by atoms with van der Waals surface area (Å²) in [7, 11) is 0. The Morgan fingerprint density at radius 2 is 2.00 bits per heavy atom. The molecule has 6 nitrogen and oxygen atoms in total. The zero-order valence-electron chi connectivity index (χ0n) is 11.8. The van der Waals surface area contributed by atoms with Crippen molar-refractivity contribution in [2.75, 3.05) is 5.32 Å². The van der Waals surface area contributed by atoms with E-state index in [2.05, 4.69) is 10.6 Å². The molecule has 0 bridgehead atoms. The molecule has 2 amide bonds. The van der Waals surface area contributed by atoms with Crippen LogP contribution in [0, 0.1) is 0 Å². The Morgan fingerprint density at radius 1 is 1.29 bits per heavy atom. The number of anilines is 1. The van der Waals surface area contributed by atoms with Crippen LogP contribution < -0.4 is 10.6 Å². The average molecular weight is 290 g/mol. The van der Waals surface area contributed by atoms with Crippen molar-refractivity contribution in [3.8, 4) is 0 Å². The molecular weight excluding hydrogens is 272 g/mol. The van der Waals surface area contributed by atoms with Crippen LogP contribution in [-0.4, -0.2) is 28.4 Å². The number of hydrogen-bond acceptors (Lipinski definition) is 3. The highest BCUT2D eigenvalue weighted by Gasteiger charge is 2.45. The first kappa shape index (κ1) is 15.0. The number of carboxylic acid groups (broad SMARTS) is 1. The van der Waals surface area contributed by atoms with E-state index in [9.17, 15) is 19.5 Å². The summed E-state index contributed by atoms with van der Waals surface area (Å²) in [6.45, 7) is 1.74. The van der Waals surface area contributed by atoms with Gasteiger partial charge >= 0.3 is 5.97 Å². The molecule has 3 N–H and O–H groups in total. The fraction of sp³-hybridized carbons (Fsp3) is 0.400. The highest BCUT2D eigenvalue weighted by molar-refractivity contribution is 5.99. The minimum atomic E-state index is -1.14. The van der Waals surface area contributed by atoms with Crippen LogP contribution >= 0.6 is 0 Å².